The van der Waals surface area contributed by atoms with Gasteiger partial charge >= 0.3 is 0 Å². The molecule has 0 amide bonds. The van der Waals surface area contributed by atoms with Gasteiger partial charge in [0.15, 0.2) is 0 Å². The summed E-state index contributed by atoms with van der Waals surface area (Å²) in [5, 5.41) is 25.8. The number of nitrogens with zero attached hydrogens (tertiary/aromatic N) is 5. The van der Waals surface area contributed by atoms with E-state index in [0.717, 1.165) is 58.7 Å². The molecule has 63 heavy (non-hydrogen) atoms. The Morgan fingerprint density at radius 1 is 0.302 bits per heavy atom. The van der Waals surface area contributed by atoms with Gasteiger partial charge in [-0.2, -0.15) is 10.5 Å². The maximum Gasteiger partial charge on any atom is 0.0991 e. The molecule has 3 aromatic heterocycles. The van der Waals surface area contributed by atoms with Crippen molar-refractivity contribution in [3.63, 3.8) is 0 Å². The van der Waals surface area contributed by atoms with Gasteiger partial charge in [0.25, 0.3) is 0 Å². The molecular weight excluding hydrogens is 807 g/mol. The SMILES string of the molecule is N#Cc1ccc(Sc2ccc(-n3c4ccccc4c4cc5c(cc43)c3ccc4c6ccccc6n(-c6ccccc6)c4c3n5-c3ccc(Sc4ccc(C#N)cc4)cc3)cc2)cc1. The second-order valence-electron chi connectivity index (χ2n) is 15.6. The number of hydrogen-bond donors (Lipinski definition) is 0. The van der Waals surface area contributed by atoms with Crippen molar-refractivity contribution < 1.29 is 0 Å². The molecule has 0 fully saturated rings. The first kappa shape index (κ1) is 36.9. The zero-order valence-corrected chi connectivity index (χ0v) is 35.2. The molecule has 12 rings (SSSR count). The number of aromatic nitrogens is 3. The smallest absolute Gasteiger partial charge is 0.0991 e. The number of rotatable bonds is 7. The molecule has 7 heteroatoms. The van der Waals surface area contributed by atoms with Gasteiger partial charge in [-0.3, -0.25) is 0 Å². The Labute approximate surface area is 371 Å². The van der Waals surface area contributed by atoms with E-state index in [1.54, 1.807) is 23.5 Å². The fourth-order valence-corrected chi connectivity index (χ4v) is 10.8. The number of para-hydroxylation sites is 3. The second kappa shape index (κ2) is 14.9. The molecule has 0 aliphatic carbocycles. The van der Waals surface area contributed by atoms with Crippen molar-refractivity contribution in [1.29, 1.82) is 10.5 Å². The molecule has 3 heterocycles. The van der Waals surface area contributed by atoms with E-state index in [1.807, 2.05) is 48.5 Å². The van der Waals surface area contributed by atoms with Crippen LogP contribution in [0, 0.1) is 22.7 Å². The molecule has 0 atom stereocenters. The zero-order chi connectivity index (χ0) is 42.0. The molecule has 0 unspecified atom stereocenters. The first-order valence-electron chi connectivity index (χ1n) is 20.7. The lowest BCUT2D eigenvalue weighted by atomic mass is 10.1. The molecule has 294 valence electrons. The maximum atomic E-state index is 9.34. The van der Waals surface area contributed by atoms with Crippen molar-refractivity contribution >= 4 is 88.9 Å². The Kier molecular flexibility index (Phi) is 8.72. The summed E-state index contributed by atoms with van der Waals surface area (Å²) in [4.78, 5) is 4.44. The highest BCUT2D eigenvalue weighted by atomic mass is 32.2. The summed E-state index contributed by atoms with van der Waals surface area (Å²) < 4.78 is 7.31. The minimum Gasteiger partial charge on any atom is -0.309 e. The number of benzene rings is 9. The van der Waals surface area contributed by atoms with Crippen LogP contribution >= 0.6 is 23.5 Å². The van der Waals surface area contributed by atoms with Crippen molar-refractivity contribution in [3.05, 3.63) is 211 Å². The van der Waals surface area contributed by atoms with E-state index >= 15 is 0 Å². The average molecular weight is 840 g/mol. The van der Waals surface area contributed by atoms with Gasteiger partial charge in [-0.25, -0.2) is 0 Å². The van der Waals surface area contributed by atoms with Gasteiger partial charge in [-0.15, -0.1) is 0 Å². The van der Waals surface area contributed by atoms with Crippen molar-refractivity contribution in [2.75, 3.05) is 0 Å². The lowest BCUT2D eigenvalue weighted by Gasteiger charge is -2.13. The highest BCUT2D eigenvalue weighted by Crippen LogP contribution is 2.45. The van der Waals surface area contributed by atoms with E-state index in [2.05, 4.69) is 177 Å². The Bertz CT molecular complexity index is 3830. The molecule has 0 N–H and O–H groups in total. The standard InChI is InChI=1S/C56H33N5S2/c57-34-36-14-22-41(23-15-36)62-43-26-18-39(19-27-43)59-51-12-6-5-11-46(51)49-32-54-50(33-53(49)59)48-31-30-47-45-10-4-7-13-52(45)60(38-8-2-1-3-9-38)55(47)56(48)61(54)40-20-28-44(29-21-40)63-42-24-16-37(35-58)17-25-42/h1-33H. The summed E-state index contributed by atoms with van der Waals surface area (Å²) in [6.07, 6.45) is 0. The van der Waals surface area contributed by atoms with E-state index in [1.165, 1.54) is 43.4 Å². The Balaban J connectivity index is 1.10. The molecule has 0 saturated carbocycles. The Hall–Kier alpha value is -7.94. The lowest BCUT2D eigenvalue weighted by Crippen LogP contribution is -1.98. The van der Waals surface area contributed by atoms with Crippen LogP contribution in [0.25, 0.3) is 82.5 Å². The highest BCUT2D eigenvalue weighted by molar-refractivity contribution is 7.99. The van der Waals surface area contributed by atoms with E-state index in [0.29, 0.717) is 11.1 Å². The molecule has 0 spiro atoms. The van der Waals surface area contributed by atoms with E-state index in [-0.39, 0.29) is 0 Å². The normalized spacial score (nSPS) is 11.6. The third-order valence-electron chi connectivity index (χ3n) is 12.0. The van der Waals surface area contributed by atoms with Gasteiger partial charge in [0.1, 0.15) is 0 Å². The highest BCUT2D eigenvalue weighted by Gasteiger charge is 2.23. The summed E-state index contributed by atoms with van der Waals surface area (Å²) in [6, 6.07) is 75.2. The van der Waals surface area contributed by atoms with Crippen LogP contribution in [0.2, 0.25) is 0 Å². The van der Waals surface area contributed by atoms with Gasteiger partial charge < -0.3 is 13.7 Å². The topological polar surface area (TPSA) is 62.4 Å². The quantitative estimate of drug-likeness (QED) is 0.160. The predicted octanol–water partition coefficient (Wildman–Crippen LogP) is 15.0. The summed E-state index contributed by atoms with van der Waals surface area (Å²) in [5.74, 6) is 0. The molecule has 0 aliphatic rings. The molecular formula is C56H33N5S2. The van der Waals surface area contributed by atoms with Crippen molar-refractivity contribution in [1.82, 2.24) is 13.7 Å². The molecule has 5 nitrogen and oxygen atoms in total. The van der Waals surface area contributed by atoms with Gasteiger partial charge in [0.05, 0.1) is 56.4 Å². The lowest BCUT2D eigenvalue weighted by molar-refractivity contribution is 1.14. The summed E-state index contributed by atoms with van der Waals surface area (Å²) in [6.45, 7) is 0. The summed E-state index contributed by atoms with van der Waals surface area (Å²) in [5.41, 5.74) is 11.5. The van der Waals surface area contributed by atoms with Crippen LogP contribution in [0.15, 0.2) is 220 Å². The molecule has 9 aromatic carbocycles. The Morgan fingerprint density at radius 3 is 1.19 bits per heavy atom. The van der Waals surface area contributed by atoms with Crippen LogP contribution in [0.5, 0.6) is 0 Å². The molecule has 0 radical (unpaired) electrons. The predicted molar refractivity (Wildman–Crippen MR) is 260 cm³/mol. The third kappa shape index (κ3) is 6.09. The van der Waals surface area contributed by atoms with Crippen LogP contribution in [0.3, 0.4) is 0 Å². The number of fused-ring (bicyclic) bond motifs is 10. The molecule has 0 saturated heterocycles. The van der Waals surface area contributed by atoms with E-state index in [9.17, 15) is 10.5 Å². The second-order valence-corrected chi connectivity index (χ2v) is 17.9. The molecule has 0 aliphatic heterocycles. The number of nitriles is 2. The maximum absolute atomic E-state index is 9.34. The van der Waals surface area contributed by atoms with E-state index < -0.39 is 0 Å². The minimum atomic E-state index is 0.658. The fourth-order valence-electron chi connectivity index (χ4n) is 9.19. The van der Waals surface area contributed by atoms with Gasteiger partial charge in [-0.1, -0.05) is 90.3 Å². The van der Waals surface area contributed by atoms with Crippen LogP contribution in [-0.2, 0) is 0 Å². The first-order chi connectivity index (χ1) is 31.1. The minimum absolute atomic E-state index is 0.658. The molecule has 0 bridgehead atoms. The largest absolute Gasteiger partial charge is 0.309 e. The van der Waals surface area contributed by atoms with Crippen LogP contribution in [-0.4, -0.2) is 13.7 Å². The van der Waals surface area contributed by atoms with Crippen molar-refractivity contribution in [2.24, 2.45) is 0 Å². The third-order valence-corrected chi connectivity index (χ3v) is 14.0. The zero-order valence-electron chi connectivity index (χ0n) is 33.6. The van der Waals surface area contributed by atoms with Crippen LogP contribution in [0.1, 0.15) is 11.1 Å². The summed E-state index contributed by atoms with van der Waals surface area (Å²) >= 11 is 3.39. The van der Waals surface area contributed by atoms with E-state index in [4.69, 9.17) is 0 Å². The van der Waals surface area contributed by atoms with Gasteiger partial charge in [0, 0.05) is 69.0 Å². The fraction of sp³-hybridized carbons (Fsp3) is 0. The van der Waals surface area contributed by atoms with Crippen LogP contribution in [0.4, 0.5) is 0 Å². The van der Waals surface area contributed by atoms with Gasteiger partial charge in [-0.05, 0) is 133 Å². The van der Waals surface area contributed by atoms with Crippen molar-refractivity contribution in [2.45, 2.75) is 19.6 Å². The Morgan fingerprint density at radius 2 is 0.667 bits per heavy atom. The monoisotopic (exact) mass is 839 g/mol. The van der Waals surface area contributed by atoms with Gasteiger partial charge in [0.2, 0.25) is 0 Å². The summed E-state index contributed by atoms with van der Waals surface area (Å²) in [7, 11) is 0. The van der Waals surface area contributed by atoms with Crippen molar-refractivity contribution in [3.8, 4) is 29.2 Å². The first-order valence-corrected chi connectivity index (χ1v) is 22.3. The number of hydrogen-bond acceptors (Lipinski definition) is 4. The average Bonchev–Trinajstić information content (AvgIpc) is 3.97. The van der Waals surface area contributed by atoms with Crippen LogP contribution < -0.4 is 0 Å². The molecule has 12 aromatic rings.